The van der Waals surface area contributed by atoms with Crippen molar-refractivity contribution in [2.24, 2.45) is 17.9 Å². The molecule has 3 N–H and O–H groups in total. The highest BCUT2D eigenvalue weighted by Gasteiger charge is 2.15. The van der Waals surface area contributed by atoms with Crippen molar-refractivity contribution in [3.63, 3.8) is 0 Å². The molecule has 0 radical (unpaired) electrons. The fourth-order valence-electron chi connectivity index (χ4n) is 3.24. The van der Waals surface area contributed by atoms with E-state index in [4.69, 9.17) is 10.5 Å². The Hall–Kier alpha value is -3.65. The minimum absolute atomic E-state index is 0.174. The SMILES string of the molecule is C/C(=N/NC(=O)c1cc2c3ccccc3n(C)c2s1)c1ccc(OCC(N)=O)cc1. The molecule has 0 atom stereocenters. The average molecular weight is 420 g/mol. The lowest BCUT2D eigenvalue weighted by atomic mass is 10.1. The Labute approximate surface area is 176 Å². The number of nitrogens with one attached hydrogen (secondary N) is 1. The Kier molecular flexibility index (Phi) is 5.24. The maximum atomic E-state index is 12.6. The third kappa shape index (κ3) is 3.77. The van der Waals surface area contributed by atoms with Crippen LogP contribution in [0.5, 0.6) is 5.75 Å². The van der Waals surface area contributed by atoms with Crippen LogP contribution in [0.1, 0.15) is 22.2 Å². The molecule has 7 nitrogen and oxygen atoms in total. The summed E-state index contributed by atoms with van der Waals surface area (Å²) in [5.41, 5.74) is 10.3. The smallest absolute Gasteiger partial charge is 0.281 e. The number of primary amides is 1. The summed E-state index contributed by atoms with van der Waals surface area (Å²) in [7, 11) is 2.00. The standard InChI is InChI=1S/C22H20N4O3S/c1-13(14-7-9-15(10-8-14)29-12-20(23)27)24-25-21(28)19-11-17-16-5-3-4-6-18(16)26(2)22(17)30-19/h3-11H,12H2,1-2H3,(H2,23,27)(H,25,28)/b24-13-. The lowest BCUT2D eigenvalue weighted by Crippen LogP contribution is -2.20. The maximum absolute atomic E-state index is 12.6. The molecule has 0 unspecified atom stereocenters. The molecule has 0 aliphatic rings. The van der Waals surface area contributed by atoms with E-state index in [2.05, 4.69) is 27.2 Å². The summed E-state index contributed by atoms with van der Waals surface area (Å²) in [5.74, 6) is -0.248. The van der Waals surface area contributed by atoms with Crippen LogP contribution in [0, 0.1) is 0 Å². The summed E-state index contributed by atoms with van der Waals surface area (Å²) in [6, 6.07) is 17.1. The van der Waals surface area contributed by atoms with Crippen LogP contribution in [0.25, 0.3) is 21.1 Å². The van der Waals surface area contributed by atoms with Gasteiger partial charge in [-0.3, -0.25) is 9.59 Å². The molecule has 0 saturated carbocycles. The van der Waals surface area contributed by atoms with Gasteiger partial charge in [0, 0.05) is 23.3 Å². The number of rotatable bonds is 6. The zero-order chi connectivity index (χ0) is 21.3. The molecule has 2 heterocycles. The number of aromatic nitrogens is 1. The van der Waals surface area contributed by atoms with Gasteiger partial charge in [0.2, 0.25) is 0 Å². The number of fused-ring (bicyclic) bond motifs is 3. The van der Waals surface area contributed by atoms with E-state index >= 15 is 0 Å². The third-order valence-electron chi connectivity index (χ3n) is 4.77. The Morgan fingerprint density at radius 3 is 2.60 bits per heavy atom. The van der Waals surface area contributed by atoms with E-state index in [0.29, 0.717) is 16.3 Å². The predicted octanol–water partition coefficient (Wildman–Crippen LogP) is 3.41. The van der Waals surface area contributed by atoms with Crippen molar-refractivity contribution in [2.75, 3.05) is 6.61 Å². The number of nitrogens with two attached hydrogens (primary N) is 1. The Morgan fingerprint density at radius 1 is 1.13 bits per heavy atom. The van der Waals surface area contributed by atoms with Crippen molar-refractivity contribution >= 4 is 50.0 Å². The quantitative estimate of drug-likeness (QED) is 0.369. The molecule has 152 valence electrons. The van der Waals surface area contributed by atoms with Gasteiger partial charge in [-0.25, -0.2) is 5.43 Å². The topological polar surface area (TPSA) is 98.7 Å². The van der Waals surface area contributed by atoms with Crippen LogP contribution in [0.2, 0.25) is 0 Å². The number of thiophene rings is 1. The highest BCUT2D eigenvalue weighted by molar-refractivity contribution is 7.20. The molecule has 0 bridgehead atoms. The van der Waals surface area contributed by atoms with Gasteiger partial charge in [0.25, 0.3) is 11.8 Å². The molecule has 2 amide bonds. The fourth-order valence-corrected chi connectivity index (χ4v) is 4.28. The van der Waals surface area contributed by atoms with Gasteiger partial charge in [-0.05, 0) is 48.9 Å². The molecule has 8 heteroatoms. The second-order valence-corrected chi connectivity index (χ2v) is 7.85. The van der Waals surface area contributed by atoms with Crippen molar-refractivity contribution in [1.29, 1.82) is 0 Å². The van der Waals surface area contributed by atoms with Gasteiger partial charge in [-0.1, -0.05) is 18.2 Å². The van der Waals surface area contributed by atoms with Crippen molar-refractivity contribution < 1.29 is 14.3 Å². The van der Waals surface area contributed by atoms with Crippen LogP contribution in [0.3, 0.4) is 0 Å². The number of hydrogen-bond donors (Lipinski definition) is 2. The van der Waals surface area contributed by atoms with Crippen LogP contribution >= 0.6 is 11.3 Å². The third-order valence-corrected chi connectivity index (χ3v) is 5.99. The van der Waals surface area contributed by atoms with Crippen LogP contribution in [0.15, 0.2) is 59.7 Å². The fraction of sp³-hybridized carbons (Fsp3) is 0.136. The van der Waals surface area contributed by atoms with Crippen LogP contribution in [-0.2, 0) is 11.8 Å². The minimum atomic E-state index is -0.534. The minimum Gasteiger partial charge on any atom is -0.484 e. The molecular weight excluding hydrogens is 400 g/mol. The zero-order valence-corrected chi connectivity index (χ0v) is 17.3. The highest BCUT2D eigenvalue weighted by Crippen LogP contribution is 2.34. The molecule has 0 aliphatic heterocycles. The molecule has 0 saturated heterocycles. The zero-order valence-electron chi connectivity index (χ0n) is 16.5. The van der Waals surface area contributed by atoms with Gasteiger partial charge in [-0.15, -0.1) is 11.3 Å². The van der Waals surface area contributed by atoms with Gasteiger partial charge in [0.15, 0.2) is 6.61 Å². The first kappa shape index (κ1) is 19.7. The molecular formula is C22H20N4O3S. The maximum Gasteiger partial charge on any atom is 0.281 e. The Bertz CT molecular complexity index is 1290. The summed E-state index contributed by atoms with van der Waals surface area (Å²) in [5, 5.41) is 6.41. The number of benzene rings is 2. The first-order valence-electron chi connectivity index (χ1n) is 9.27. The van der Waals surface area contributed by atoms with Crippen molar-refractivity contribution in [3.05, 3.63) is 65.0 Å². The van der Waals surface area contributed by atoms with Crippen LogP contribution in [0.4, 0.5) is 0 Å². The monoisotopic (exact) mass is 420 g/mol. The number of carbonyl (C=O) groups excluding carboxylic acids is 2. The average Bonchev–Trinajstić information content (AvgIpc) is 3.30. The normalized spacial score (nSPS) is 11.7. The number of nitrogens with zero attached hydrogens (tertiary/aromatic N) is 2. The van der Waals surface area contributed by atoms with E-state index in [9.17, 15) is 9.59 Å². The summed E-state index contributed by atoms with van der Waals surface area (Å²) >= 11 is 1.44. The van der Waals surface area contributed by atoms with Crippen molar-refractivity contribution in [3.8, 4) is 5.75 Å². The predicted molar refractivity (Wildman–Crippen MR) is 119 cm³/mol. The summed E-state index contributed by atoms with van der Waals surface area (Å²) in [6.07, 6.45) is 0. The van der Waals surface area contributed by atoms with Crippen molar-refractivity contribution in [1.82, 2.24) is 9.99 Å². The summed E-state index contributed by atoms with van der Waals surface area (Å²) in [6.45, 7) is 1.63. The molecule has 2 aromatic carbocycles. The molecule has 0 fully saturated rings. The van der Waals surface area contributed by atoms with Gasteiger partial charge < -0.3 is 15.0 Å². The van der Waals surface area contributed by atoms with Crippen molar-refractivity contribution in [2.45, 2.75) is 6.92 Å². The van der Waals surface area contributed by atoms with E-state index in [0.717, 1.165) is 26.7 Å². The van der Waals surface area contributed by atoms with E-state index in [1.165, 1.54) is 11.3 Å². The van der Waals surface area contributed by atoms with Gasteiger partial charge in [-0.2, -0.15) is 5.10 Å². The van der Waals surface area contributed by atoms with Gasteiger partial charge in [0.1, 0.15) is 10.6 Å². The van der Waals surface area contributed by atoms with E-state index < -0.39 is 5.91 Å². The van der Waals surface area contributed by atoms with Gasteiger partial charge >= 0.3 is 0 Å². The lowest BCUT2D eigenvalue weighted by molar-refractivity contribution is -0.119. The first-order valence-corrected chi connectivity index (χ1v) is 10.1. The second-order valence-electron chi connectivity index (χ2n) is 6.82. The number of carbonyl (C=O) groups is 2. The summed E-state index contributed by atoms with van der Waals surface area (Å²) < 4.78 is 7.33. The van der Waals surface area contributed by atoms with E-state index in [-0.39, 0.29) is 12.5 Å². The second kappa shape index (κ2) is 8.00. The Morgan fingerprint density at radius 2 is 1.87 bits per heavy atom. The van der Waals surface area contributed by atoms with Crippen LogP contribution in [-0.4, -0.2) is 28.7 Å². The molecule has 4 aromatic rings. The molecule has 2 aromatic heterocycles. The number of amides is 2. The molecule has 0 spiro atoms. The number of hydrogen-bond acceptors (Lipinski definition) is 5. The number of hydrazone groups is 1. The molecule has 4 rings (SSSR count). The highest BCUT2D eigenvalue weighted by atomic mass is 32.1. The molecule has 30 heavy (non-hydrogen) atoms. The lowest BCUT2D eigenvalue weighted by Gasteiger charge is -2.05. The van der Waals surface area contributed by atoms with E-state index in [1.807, 2.05) is 25.2 Å². The van der Waals surface area contributed by atoms with Crippen LogP contribution < -0.4 is 15.9 Å². The number of ether oxygens (including phenoxy) is 1. The van der Waals surface area contributed by atoms with E-state index in [1.54, 1.807) is 31.2 Å². The summed E-state index contributed by atoms with van der Waals surface area (Å²) in [4.78, 5) is 25.0. The Balaban J connectivity index is 1.49. The van der Waals surface area contributed by atoms with Gasteiger partial charge in [0.05, 0.1) is 10.6 Å². The number of aryl methyl sites for hydroxylation is 1. The molecule has 0 aliphatic carbocycles. The first-order chi connectivity index (χ1) is 14.4. The largest absolute Gasteiger partial charge is 0.484 e. The number of para-hydroxylation sites is 1.